The van der Waals surface area contributed by atoms with Crippen LogP contribution in [0, 0.1) is 21.4 Å². The number of carbonyl (C=O) groups is 2. The highest BCUT2D eigenvalue weighted by Crippen LogP contribution is 2.50. The van der Waals surface area contributed by atoms with Crippen LogP contribution in [-0.2, 0) is 4.79 Å². The Labute approximate surface area is 150 Å². The fourth-order valence-electron chi connectivity index (χ4n) is 4.40. The summed E-state index contributed by atoms with van der Waals surface area (Å²) in [5, 5.41) is 24.1. The van der Waals surface area contributed by atoms with Gasteiger partial charge in [-0.1, -0.05) is 6.42 Å². The van der Waals surface area contributed by atoms with Crippen molar-refractivity contribution in [2.45, 2.75) is 38.1 Å². The lowest BCUT2D eigenvalue weighted by atomic mass is 9.81. The summed E-state index contributed by atoms with van der Waals surface area (Å²) in [6.45, 7) is 0.780. The van der Waals surface area contributed by atoms with Crippen LogP contribution >= 0.6 is 0 Å². The van der Waals surface area contributed by atoms with Gasteiger partial charge < -0.3 is 15.3 Å². The molecule has 8 heteroatoms. The molecule has 8 nitrogen and oxygen atoms in total. The maximum absolute atomic E-state index is 12.2. The third-order valence-electron chi connectivity index (χ3n) is 5.98. The molecule has 0 aromatic heterocycles. The first-order valence-electron chi connectivity index (χ1n) is 8.98. The molecule has 3 aliphatic rings. The number of carbonyl (C=O) groups excluding carboxylic acids is 1. The van der Waals surface area contributed by atoms with Gasteiger partial charge in [-0.15, -0.1) is 0 Å². The largest absolute Gasteiger partial charge is 0.481 e. The Kier molecular flexibility index (Phi) is 3.86. The first kappa shape index (κ1) is 16.8. The van der Waals surface area contributed by atoms with Crippen LogP contribution in [0.5, 0.6) is 0 Å². The number of carboxylic acid groups (broad SMARTS) is 1. The number of nitro benzene ring substituents is 1. The van der Waals surface area contributed by atoms with Gasteiger partial charge in [-0.25, -0.2) is 0 Å². The Balaban J connectivity index is 1.63. The first-order chi connectivity index (χ1) is 12.4. The first-order valence-corrected chi connectivity index (χ1v) is 8.98. The van der Waals surface area contributed by atoms with Gasteiger partial charge in [0.2, 0.25) is 0 Å². The maximum atomic E-state index is 12.2. The lowest BCUT2D eigenvalue weighted by Gasteiger charge is -2.24. The molecule has 1 aliphatic heterocycles. The second kappa shape index (κ2) is 5.96. The van der Waals surface area contributed by atoms with Crippen LogP contribution in [0.15, 0.2) is 18.2 Å². The van der Waals surface area contributed by atoms with Crippen molar-refractivity contribution in [2.24, 2.45) is 11.3 Å². The molecule has 0 bridgehead atoms. The molecule has 1 aromatic carbocycles. The number of nitro groups is 1. The number of nitrogens with one attached hydrogen (secondary N) is 1. The molecule has 2 atom stereocenters. The van der Waals surface area contributed by atoms with Gasteiger partial charge in [0.1, 0.15) is 5.69 Å². The number of aliphatic carboxylic acids is 1. The van der Waals surface area contributed by atoms with Crippen molar-refractivity contribution in [3.63, 3.8) is 0 Å². The van der Waals surface area contributed by atoms with E-state index in [1.807, 2.05) is 0 Å². The van der Waals surface area contributed by atoms with Crippen LogP contribution < -0.4 is 10.2 Å². The minimum absolute atomic E-state index is 0.0115. The van der Waals surface area contributed by atoms with Crippen molar-refractivity contribution in [3.05, 3.63) is 33.9 Å². The van der Waals surface area contributed by atoms with E-state index in [1.165, 1.54) is 6.07 Å². The highest BCUT2D eigenvalue weighted by atomic mass is 16.6. The van der Waals surface area contributed by atoms with E-state index >= 15 is 0 Å². The minimum atomic E-state index is -0.814. The molecule has 0 spiro atoms. The van der Waals surface area contributed by atoms with Crippen LogP contribution in [0.1, 0.15) is 42.5 Å². The minimum Gasteiger partial charge on any atom is -0.481 e. The van der Waals surface area contributed by atoms with Gasteiger partial charge >= 0.3 is 5.97 Å². The quantitative estimate of drug-likeness (QED) is 0.615. The standard InChI is InChI=1S/C18H21N3O5/c22-16(19-13-4-5-13)11-3-6-14(15(8-11)21(25)26)20-9-12-2-1-7-18(12,10-20)17(23)24/h3,6,8,12-13H,1-2,4-5,7,9-10H2,(H,19,22)(H,23,24)/t12-,18+/m0/s1. The van der Waals surface area contributed by atoms with E-state index in [9.17, 15) is 24.8 Å². The fourth-order valence-corrected chi connectivity index (χ4v) is 4.40. The van der Waals surface area contributed by atoms with Crippen LogP contribution in [0.3, 0.4) is 0 Å². The third-order valence-corrected chi connectivity index (χ3v) is 5.98. The number of hydrogen-bond acceptors (Lipinski definition) is 5. The summed E-state index contributed by atoms with van der Waals surface area (Å²) in [5.41, 5.74) is -0.294. The second-order valence-electron chi connectivity index (χ2n) is 7.64. The van der Waals surface area contributed by atoms with E-state index < -0.39 is 16.3 Å². The number of fused-ring (bicyclic) bond motifs is 1. The van der Waals surface area contributed by atoms with Crippen LogP contribution in [0.25, 0.3) is 0 Å². The number of anilines is 1. The average Bonchev–Trinajstić information content (AvgIpc) is 3.18. The maximum Gasteiger partial charge on any atom is 0.311 e. The Hall–Kier alpha value is -2.64. The van der Waals surface area contributed by atoms with Gasteiger partial charge in [0.25, 0.3) is 11.6 Å². The van der Waals surface area contributed by atoms with E-state index in [-0.39, 0.29) is 35.7 Å². The SMILES string of the molecule is O=C(NC1CC1)c1ccc(N2C[C@@H]3CCC[C@@]3(C(=O)O)C2)c([N+](=O)[O-])c1. The fraction of sp³-hybridized carbons (Fsp3) is 0.556. The van der Waals surface area contributed by atoms with Crippen molar-refractivity contribution in [3.8, 4) is 0 Å². The smallest absolute Gasteiger partial charge is 0.311 e. The average molecular weight is 359 g/mol. The van der Waals surface area contributed by atoms with Gasteiger partial charge in [-0.3, -0.25) is 19.7 Å². The molecule has 2 N–H and O–H groups in total. The number of amides is 1. The van der Waals surface area contributed by atoms with Gasteiger partial charge in [-0.05, 0) is 43.7 Å². The number of benzene rings is 1. The number of carboxylic acids is 1. The third kappa shape index (κ3) is 2.69. The van der Waals surface area contributed by atoms with E-state index in [1.54, 1.807) is 17.0 Å². The van der Waals surface area contributed by atoms with Crippen molar-refractivity contribution in [1.82, 2.24) is 5.32 Å². The zero-order valence-corrected chi connectivity index (χ0v) is 14.3. The Morgan fingerprint density at radius 3 is 2.69 bits per heavy atom. The van der Waals surface area contributed by atoms with E-state index in [0.29, 0.717) is 18.7 Å². The molecule has 2 saturated carbocycles. The van der Waals surface area contributed by atoms with Gasteiger partial charge in [0.15, 0.2) is 0 Å². The summed E-state index contributed by atoms with van der Waals surface area (Å²) in [7, 11) is 0. The summed E-state index contributed by atoms with van der Waals surface area (Å²) >= 11 is 0. The molecule has 0 radical (unpaired) electrons. The van der Waals surface area contributed by atoms with Gasteiger partial charge in [0, 0.05) is 30.8 Å². The molecule has 1 heterocycles. The van der Waals surface area contributed by atoms with Gasteiger partial charge in [-0.2, -0.15) is 0 Å². The van der Waals surface area contributed by atoms with Crippen LogP contribution in [0.2, 0.25) is 0 Å². The van der Waals surface area contributed by atoms with Gasteiger partial charge in [0.05, 0.1) is 10.3 Å². The lowest BCUT2D eigenvalue weighted by molar-refractivity contribution is -0.384. The van der Waals surface area contributed by atoms with E-state index in [0.717, 1.165) is 25.7 Å². The van der Waals surface area contributed by atoms with E-state index in [4.69, 9.17) is 0 Å². The predicted molar refractivity (Wildman–Crippen MR) is 93.2 cm³/mol. The number of hydrogen-bond donors (Lipinski definition) is 2. The molecule has 1 amide bonds. The molecule has 3 fully saturated rings. The Morgan fingerprint density at radius 1 is 1.31 bits per heavy atom. The second-order valence-corrected chi connectivity index (χ2v) is 7.64. The highest BCUT2D eigenvalue weighted by molar-refractivity contribution is 5.96. The molecule has 26 heavy (non-hydrogen) atoms. The van der Waals surface area contributed by atoms with Crippen molar-refractivity contribution in [1.29, 1.82) is 0 Å². The predicted octanol–water partition coefficient (Wildman–Crippen LogP) is 2.18. The summed E-state index contributed by atoms with van der Waals surface area (Å²) in [5.74, 6) is -1.11. The van der Waals surface area contributed by atoms with Crippen molar-refractivity contribution >= 4 is 23.3 Å². The Bertz CT molecular complexity index is 791. The highest BCUT2D eigenvalue weighted by Gasteiger charge is 2.55. The van der Waals surface area contributed by atoms with Crippen molar-refractivity contribution in [2.75, 3.05) is 18.0 Å². The summed E-state index contributed by atoms with van der Waals surface area (Å²) < 4.78 is 0. The normalized spacial score (nSPS) is 27.2. The topological polar surface area (TPSA) is 113 Å². The zero-order chi connectivity index (χ0) is 18.5. The molecule has 138 valence electrons. The van der Waals surface area contributed by atoms with E-state index in [2.05, 4.69) is 5.32 Å². The van der Waals surface area contributed by atoms with Crippen LogP contribution in [0.4, 0.5) is 11.4 Å². The Morgan fingerprint density at radius 2 is 2.08 bits per heavy atom. The van der Waals surface area contributed by atoms with Crippen molar-refractivity contribution < 1.29 is 19.6 Å². The number of nitrogens with zero attached hydrogens (tertiary/aromatic N) is 2. The summed E-state index contributed by atoms with van der Waals surface area (Å²) in [6, 6.07) is 4.64. The molecule has 2 aliphatic carbocycles. The van der Waals surface area contributed by atoms with Crippen LogP contribution in [-0.4, -0.2) is 41.0 Å². The molecular weight excluding hydrogens is 338 g/mol. The molecule has 0 unspecified atom stereocenters. The number of rotatable bonds is 5. The molecule has 1 saturated heterocycles. The summed E-state index contributed by atoms with van der Waals surface area (Å²) in [6.07, 6.45) is 4.21. The monoisotopic (exact) mass is 359 g/mol. The molecule has 4 rings (SSSR count). The zero-order valence-electron chi connectivity index (χ0n) is 14.3. The molecule has 1 aromatic rings. The summed E-state index contributed by atoms with van der Waals surface area (Å²) in [4.78, 5) is 36.9. The molecular formula is C18H21N3O5. The lowest BCUT2D eigenvalue weighted by Crippen LogP contribution is -2.35.